The van der Waals surface area contributed by atoms with Gasteiger partial charge in [0.2, 0.25) is 0 Å². The smallest absolute Gasteiger partial charge is 0.407 e. The van der Waals surface area contributed by atoms with E-state index in [2.05, 4.69) is 37.2 Å². The van der Waals surface area contributed by atoms with Crippen molar-refractivity contribution in [3.8, 4) is 0 Å². The van der Waals surface area contributed by atoms with E-state index in [9.17, 15) is 9.59 Å². The molecule has 0 atom stereocenters. The van der Waals surface area contributed by atoms with Crippen LogP contribution >= 0.6 is 31.9 Å². The largest absolute Gasteiger partial charge is 0.462 e. The van der Waals surface area contributed by atoms with E-state index < -0.39 is 20.9 Å². The summed E-state index contributed by atoms with van der Waals surface area (Å²) >= 11 is 6.24. The maximum absolute atomic E-state index is 11.3. The number of rotatable bonds is 7. The third-order valence-electron chi connectivity index (χ3n) is 1.73. The fraction of sp³-hybridized carbons (Fsp3) is 0.833. The van der Waals surface area contributed by atoms with Gasteiger partial charge in [-0.1, -0.05) is 31.9 Å². The van der Waals surface area contributed by atoms with Gasteiger partial charge >= 0.3 is 12.1 Å². The third kappa shape index (κ3) is 11.5. The highest BCUT2D eigenvalue weighted by Crippen LogP contribution is 2.26. The van der Waals surface area contributed by atoms with Crippen LogP contribution in [0.15, 0.2) is 0 Å². The SMILES string of the molecule is CC(C)(C)OC(=O)NCCOCCOC(=O)C(C)(Br)Br. The molecule has 0 fully saturated rings. The number of carbonyl (C=O) groups excluding carboxylic acids is 2. The predicted octanol–water partition coefficient (Wildman–Crippen LogP) is 2.58. The second-order valence-electron chi connectivity index (χ2n) is 5.07. The molecule has 0 saturated heterocycles. The molecular weight excluding hydrogens is 398 g/mol. The van der Waals surface area contributed by atoms with Crippen molar-refractivity contribution in [3.63, 3.8) is 0 Å². The molecule has 6 nitrogen and oxygen atoms in total. The lowest BCUT2D eigenvalue weighted by Crippen LogP contribution is -2.34. The second kappa shape index (κ2) is 8.84. The van der Waals surface area contributed by atoms with E-state index in [1.165, 1.54) is 0 Å². The van der Waals surface area contributed by atoms with Gasteiger partial charge in [-0.15, -0.1) is 0 Å². The highest BCUT2D eigenvalue weighted by atomic mass is 79.9. The summed E-state index contributed by atoms with van der Waals surface area (Å²) in [5.74, 6) is -0.423. The van der Waals surface area contributed by atoms with Crippen LogP contribution in [0.2, 0.25) is 0 Å². The zero-order valence-electron chi connectivity index (χ0n) is 12.1. The quantitative estimate of drug-likeness (QED) is 0.390. The van der Waals surface area contributed by atoms with Crippen LogP contribution in [0.1, 0.15) is 27.7 Å². The predicted molar refractivity (Wildman–Crippen MR) is 82.3 cm³/mol. The molecule has 0 saturated carbocycles. The number of halogens is 2. The molecule has 0 aromatic carbocycles. The number of alkyl halides is 2. The molecule has 1 N–H and O–H groups in total. The first kappa shape index (κ1) is 19.7. The minimum Gasteiger partial charge on any atom is -0.462 e. The summed E-state index contributed by atoms with van der Waals surface area (Å²) in [4.78, 5) is 22.6. The minimum atomic E-state index is -0.877. The lowest BCUT2D eigenvalue weighted by molar-refractivity contribution is -0.144. The maximum Gasteiger partial charge on any atom is 0.407 e. The fourth-order valence-electron chi connectivity index (χ4n) is 0.962. The van der Waals surface area contributed by atoms with Gasteiger partial charge in [0, 0.05) is 6.54 Å². The lowest BCUT2D eigenvalue weighted by atomic mass is 10.2. The molecule has 0 spiro atoms. The van der Waals surface area contributed by atoms with E-state index in [1.807, 2.05) is 0 Å². The lowest BCUT2D eigenvalue weighted by Gasteiger charge is -2.19. The van der Waals surface area contributed by atoms with E-state index in [4.69, 9.17) is 14.2 Å². The Morgan fingerprint density at radius 1 is 1.05 bits per heavy atom. The monoisotopic (exact) mass is 417 g/mol. The van der Waals surface area contributed by atoms with Crippen LogP contribution < -0.4 is 5.32 Å². The summed E-state index contributed by atoms with van der Waals surface area (Å²) in [5, 5.41) is 2.55. The van der Waals surface area contributed by atoms with Crippen molar-refractivity contribution in [3.05, 3.63) is 0 Å². The molecule has 8 heteroatoms. The van der Waals surface area contributed by atoms with Crippen LogP contribution in [0.4, 0.5) is 4.79 Å². The number of nitrogens with one attached hydrogen (secondary N) is 1. The van der Waals surface area contributed by atoms with E-state index in [0.717, 1.165) is 0 Å². The molecule has 20 heavy (non-hydrogen) atoms. The Hall–Kier alpha value is -0.340. The van der Waals surface area contributed by atoms with Crippen molar-refractivity contribution >= 4 is 43.9 Å². The number of hydrogen-bond acceptors (Lipinski definition) is 5. The Labute approximate surface area is 136 Å². The Balaban J connectivity index is 3.51. The second-order valence-corrected chi connectivity index (χ2v) is 9.30. The van der Waals surface area contributed by atoms with Crippen LogP contribution in [0, 0.1) is 0 Å². The molecule has 0 aliphatic heterocycles. The Kier molecular flexibility index (Phi) is 8.69. The summed E-state index contributed by atoms with van der Waals surface area (Å²) < 4.78 is 14.3. The molecular formula is C12H21Br2NO5. The normalized spacial score (nSPS) is 11.9. The molecule has 1 amide bonds. The maximum atomic E-state index is 11.3. The third-order valence-corrected chi connectivity index (χ3v) is 2.38. The van der Waals surface area contributed by atoms with Crippen molar-refractivity contribution in [2.45, 2.75) is 36.5 Å². The molecule has 0 rings (SSSR count). The summed E-state index contributed by atoms with van der Waals surface area (Å²) in [5.41, 5.74) is -0.517. The van der Waals surface area contributed by atoms with Crippen molar-refractivity contribution < 1.29 is 23.8 Å². The van der Waals surface area contributed by atoms with Gasteiger partial charge < -0.3 is 19.5 Å². The molecule has 0 bridgehead atoms. The number of alkyl carbamates (subject to hydrolysis) is 1. The van der Waals surface area contributed by atoms with Crippen molar-refractivity contribution in [2.75, 3.05) is 26.4 Å². The topological polar surface area (TPSA) is 73.9 Å². The van der Waals surface area contributed by atoms with Gasteiger partial charge in [0.05, 0.1) is 13.2 Å². The zero-order chi connectivity index (χ0) is 15.8. The summed E-state index contributed by atoms with van der Waals surface area (Å²) in [7, 11) is 0. The Morgan fingerprint density at radius 3 is 2.15 bits per heavy atom. The van der Waals surface area contributed by atoms with E-state index in [1.54, 1.807) is 27.7 Å². The van der Waals surface area contributed by atoms with Crippen LogP contribution in [0.3, 0.4) is 0 Å². The van der Waals surface area contributed by atoms with Gasteiger partial charge in [-0.2, -0.15) is 0 Å². The molecule has 118 valence electrons. The van der Waals surface area contributed by atoms with Crippen molar-refractivity contribution in [2.24, 2.45) is 0 Å². The van der Waals surface area contributed by atoms with Crippen LogP contribution in [0.5, 0.6) is 0 Å². The Bertz CT molecular complexity index is 323. The van der Waals surface area contributed by atoms with Gasteiger partial charge in [0.1, 0.15) is 12.2 Å². The van der Waals surface area contributed by atoms with E-state index >= 15 is 0 Å². The van der Waals surface area contributed by atoms with Gasteiger partial charge in [0.15, 0.2) is 3.23 Å². The highest BCUT2D eigenvalue weighted by molar-refractivity contribution is 9.25. The fourth-order valence-corrected chi connectivity index (χ4v) is 1.19. The van der Waals surface area contributed by atoms with Gasteiger partial charge in [-0.05, 0) is 27.7 Å². The average Bonchev–Trinajstić information content (AvgIpc) is 2.23. The van der Waals surface area contributed by atoms with Crippen LogP contribution in [-0.4, -0.2) is 47.3 Å². The Morgan fingerprint density at radius 2 is 1.65 bits per heavy atom. The van der Waals surface area contributed by atoms with Crippen LogP contribution in [0.25, 0.3) is 0 Å². The van der Waals surface area contributed by atoms with Crippen LogP contribution in [-0.2, 0) is 19.0 Å². The van der Waals surface area contributed by atoms with Gasteiger partial charge in [0.25, 0.3) is 0 Å². The average molecular weight is 419 g/mol. The number of carbonyl (C=O) groups is 2. The number of amides is 1. The standard InChI is InChI=1S/C12H21Br2NO5/c1-11(2,3)20-10(17)15-5-6-18-7-8-19-9(16)12(4,13)14/h5-8H2,1-4H3,(H,15,17). The van der Waals surface area contributed by atoms with Gasteiger partial charge in [-0.3, -0.25) is 0 Å². The molecule has 0 radical (unpaired) electrons. The molecule has 0 heterocycles. The first-order valence-corrected chi connectivity index (χ1v) is 7.70. The first-order chi connectivity index (χ1) is 9.02. The molecule has 0 aromatic heterocycles. The number of ether oxygens (including phenoxy) is 3. The van der Waals surface area contributed by atoms with Gasteiger partial charge in [-0.25, -0.2) is 9.59 Å². The van der Waals surface area contributed by atoms with Crippen molar-refractivity contribution in [1.29, 1.82) is 0 Å². The number of esters is 1. The summed E-state index contributed by atoms with van der Waals surface area (Å²) in [6, 6.07) is 0. The molecule has 0 aliphatic carbocycles. The van der Waals surface area contributed by atoms with E-state index in [-0.39, 0.29) is 13.2 Å². The number of hydrogen-bond donors (Lipinski definition) is 1. The summed E-state index contributed by atoms with van der Waals surface area (Å²) in [6.07, 6.45) is -0.484. The molecule has 0 aliphatic rings. The van der Waals surface area contributed by atoms with E-state index in [0.29, 0.717) is 13.2 Å². The molecule has 0 unspecified atom stereocenters. The molecule has 0 aromatic rings. The van der Waals surface area contributed by atoms with Crippen molar-refractivity contribution in [1.82, 2.24) is 5.32 Å². The summed E-state index contributed by atoms with van der Waals surface area (Å²) in [6.45, 7) is 8.06. The highest BCUT2D eigenvalue weighted by Gasteiger charge is 2.27. The first-order valence-electron chi connectivity index (χ1n) is 6.12. The minimum absolute atomic E-state index is 0.151. The zero-order valence-corrected chi connectivity index (χ0v) is 15.3.